The van der Waals surface area contributed by atoms with Crippen LogP contribution >= 0.6 is 11.3 Å². The summed E-state index contributed by atoms with van der Waals surface area (Å²) in [5.74, 6) is 0.656. The number of carbonyl (C=O) groups excluding carboxylic acids is 1. The van der Waals surface area contributed by atoms with Crippen molar-refractivity contribution < 1.29 is 9.53 Å². The fourth-order valence-electron chi connectivity index (χ4n) is 3.38. The second-order valence-electron chi connectivity index (χ2n) is 6.93. The third-order valence-corrected chi connectivity index (χ3v) is 5.55. The van der Waals surface area contributed by atoms with E-state index in [1.807, 2.05) is 11.4 Å². The quantitative estimate of drug-likeness (QED) is 0.677. The van der Waals surface area contributed by atoms with Crippen molar-refractivity contribution in [3.8, 4) is 10.9 Å². The van der Waals surface area contributed by atoms with Crippen molar-refractivity contribution in [2.24, 2.45) is 0 Å². The minimum atomic E-state index is -0.0256. The Morgan fingerprint density at radius 2 is 1.86 bits per heavy atom. The number of thiazole rings is 1. The Hall–Kier alpha value is -2.70. The van der Waals surface area contributed by atoms with Crippen molar-refractivity contribution in [3.05, 3.63) is 77.3 Å². The molecule has 0 saturated carbocycles. The molecule has 6 heteroatoms. The Bertz CT molecular complexity index is 874. The first-order valence-corrected chi connectivity index (χ1v) is 10.4. The highest BCUT2D eigenvalue weighted by molar-refractivity contribution is 7.11. The van der Waals surface area contributed by atoms with E-state index in [4.69, 9.17) is 4.74 Å². The topological polar surface area (TPSA) is 54.5 Å². The zero-order chi connectivity index (χ0) is 19.2. The van der Waals surface area contributed by atoms with E-state index >= 15 is 0 Å². The first-order valence-electron chi connectivity index (χ1n) is 9.51. The summed E-state index contributed by atoms with van der Waals surface area (Å²) >= 11 is 1.44. The zero-order valence-electron chi connectivity index (χ0n) is 15.6. The summed E-state index contributed by atoms with van der Waals surface area (Å²) in [6.45, 7) is 2.98. The monoisotopic (exact) mass is 393 g/mol. The average Bonchev–Trinajstić information content (AvgIpc) is 3.24. The Kier molecular flexibility index (Phi) is 5.99. The van der Waals surface area contributed by atoms with Gasteiger partial charge in [-0.1, -0.05) is 41.7 Å². The van der Waals surface area contributed by atoms with Crippen molar-refractivity contribution in [2.45, 2.75) is 25.4 Å². The predicted octanol–water partition coefficient (Wildman–Crippen LogP) is 4.33. The van der Waals surface area contributed by atoms with Crippen molar-refractivity contribution in [3.63, 3.8) is 0 Å². The van der Waals surface area contributed by atoms with Gasteiger partial charge in [-0.2, -0.15) is 0 Å². The summed E-state index contributed by atoms with van der Waals surface area (Å²) in [4.78, 5) is 19.1. The first-order chi connectivity index (χ1) is 13.8. The van der Waals surface area contributed by atoms with Crippen LogP contribution in [0.2, 0.25) is 0 Å². The standard InChI is InChI=1S/C22H23N3O2S/c26-21(18-6-8-20(9-7-18)27-22-23-12-15-28-22)24-19-10-13-25(14-11-19)16-17-4-2-1-3-5-17/h1-9,12,15,19H,10-11,13-14,16H2,(H,24,26). The smallest absolute Gasteiger partial charge is 0.278 e. The molecule has 1 fully saturated rings. The highest BCUT2D eigenvalue weighted by Crippen LogP contribution is 2.23. The molecule has 1 N–H and O–H groups in total. The minimum absolute atomic E-state index is 0.0256. The lowest BCUT2D eigenvalue weighted by molar-refractivity contribution is 0.0909. The van der Waals surface area contributed by atoms with E-state index in [-0.39, 0.29) is 11.9 Å². The molecule has 0 spiro atoms. The molecule has 5 nitrogen and oxygen atoms in total. The molecule has 1 aliphatic heterocycles. The Morgan fingerprint density at radius 3 is 2.54 bits per heavy atom. The fraction of sp³-hybridized carbons (Fsp3) is 0.273. The van der Waals surface area contributed by atoms with E-state index in [1.165, 1.54) is 16.9 Å². The minimum Gasteiger partial charge on any atom is -0.431 e. The molecule has 2 heterocycles. The maximum atomic E-state index is 12.5. The van der Waals surface area contributed by atoms with Crippen LogP contribution in [0.1, 0.15) is 28.8 Å². The molecule has 1 aliphatic rings. The molecule has 1 amide bonds. The lowest BCUT2D eigenvalue weighted by Crippen LogP contribution is -2.44. The number of nitrogens with zero attached hydrogens (tertiary/aromatic N) is 2. The van der Waals surface area contributed by atoms with E-state index in [1.54, 1.807) is 30.5 Å². The van der Waals surface area contributed by atoms with E-state index in [9.17, 15) is 4.79 Å². The van der Waals surface area contributed by atoms with E-state index in [0.717, 1.165) is 32.5 Å². The number of hydrogen-bond donors (Lipinski definition) is 1. The van der Waals surface area contributed by atoms with Crippen LogP contribution in [-0.4, -0.2) is 34.9 Å². The van der Waals surface area contributed by atoms with Crippen molar-refractivity contribution in [1.29, 1.82) is 0 Å². The van der Waals surface area contributed by atoms with Crippen molar-refractivity contribution >= 4 is 17.2 Å². The van der Waals surface area contributed by atoms with Gasteiger partial charge in [0.2, 0.25) is 0 Å². The molecule has 2 aromatic carbocycles. The lowest BCUT2D eigenvalue weighted by Gasteiger charge is -2.32. The molecule has 0 unspecified atom stereocenters. The van der Waals surface area contributed by atoms with Gasteiger partial charge in [-0.15, -0.1) is 0 Å². The molecule has 144 valence electrons. The molecular formula is C22H23N3O2S. The molecule has 3 aromatic rings. The van der Waals surface area contributed by atoms with Crippen molar-refractivity contribution in [1.82, 2.24) is 15.2 Å². The molecule has 1 aromatic heterocycles. The second kappa shape index (κ2) is 8.99. The molecule has 4 rings (SSSR count). The predicted molar refractivity (Wildman–Crippen MR) is 111 cm³/mol. The SMILES string of the molecule is O=C(NC1CCN(Cc2ccccc2)CC1)c1ccc(Oc2nccs2)cc1. The molecular weight excluding hydrogens is 370 g/mol. The summed E-state index contributed by atoms with van der Waals surface area (Å²) in [5, 5.41) is 5.63. The first kappa shape index (κ1) is 18.7. The highest BCUT2D eigenvalue weighted by atomic mass is 32.1. The Morgan fingerprint density at radius 1 is 1.11 bits per heavy atom. The molecule has 0 radical (unpaired) electrons. The number of ether oxygens (including phenoxy) is 1. The molecule has 28 heavy (non-hydrogen) atoms. The number of piperidine rings is 1. The van der Waals surface area contributed by atoms with Crippen LogP contribution in [0.25, 0.3) is 0 Å². The Labute approximate surface area is 169 Å². The van der Waals surface area contributed by atoms with Gasteiger partial charge in [0.25, 0.3) is 11.1 Å². The summed E-state index contributed by atoms with van der Waals surface area (Å²) in [6.07, 6.45) is 3.65. The van der Waals surface area contributed by atoms with Gasteiger partial charge in [-0.05, 0) is 42.7 Å². The van der Waals surface area contributed by atoms with Gasteiger partial charge in [0, 0.05) is 42.8 Å². The number of nitrogens with one attached hydrogen (secondary N) is 1. The molecule has 0 aliphatic carbocycles. The van der Waals surface area contributed by atoms with Gasteiger partial charge in [-0.3, -0.25) is 9.69 Å². The summed E-state index contributed by atoms with van der Waals surface area (Å²) < 4.78 is 5.63. The third kappa shape index (κ3) is 4.97. The normalized spacial score (nSPS) is 15.3. The highest BCUT2D eigenvalue weighted by Gasteiger charge is 2.21. The number of aromatic nitrogens is 1. The third-order valence-electron chi connectivity index (χ3n) is 4.90. The van der Waals surface area contributed by atoms with E-state index in [2.05, 4.69) is 39.5 Å². The van der Waals surface area contributed by atoms with Gasteiger partial charge in [0.1, 0.15) is 5.75 Å². The number of likely N-dealkylation sites (tertiary alicyclic amines) is 1. The van der Waals surface area contributed by atoms with Crippen molar-refractivity contribution in [2.75, 3.05) is 13.1 Å². The Balaban J connectivity index is 1.25. The summed E-state index contributed by atoms with van der Waals surface area (Å²) in [7, 11) is 0. The maximum Gasteiger partial charge on any atom is 0.278 e. The van der Waals surface area contributed by atoms with Gasteiger partial charge < -0.3 is 10.1 Å². The molecule has 1 saturated heterocycles. The number of rotatable bonds is 6. The number of carbonyl (C=O) groups is 1. The fourth-order valence-corrected chi connectivity index (χ4v) is 3.89. The van der Waals surface area contributed by atoms with Gasteiger partial charge in [0.05, 0.1) is 0 Å². The van der Waals surface area contributed by atoms with Gasteiger partial charge in [-0.25, -0.2) is 4.98 Å². The second-order valence-corrected chi connectivity index (χ2v) is 7.79. The average molecular weight is 394 g/mol. The number of benzene rings is 2. The van der Waals surface area contributed by atoms with Gasteiger partial charge in [0.15, 0.2) is 0 Å². The lowest BCUT2D eigenvalue weighted by atomic mass is 10.0. The largest absolute Gasteiger partial charge is 0.431 e. The molecule has 0 bridgehead atoms. The van der Waals surface area contributed by atoms with Crippen LogP contribution in [0.4, 0.5) is 0 Å². The van der Waals surface area contributed by atoms with Crippen LogP contribution in [0, 0.1) is 0 Å². The number of hydrogen-bond acceptors (Lipinski definition) is 5. The van der Waals surface area contributed by atoms with Gasteiger partial charge >= 0.3 is 0 Å². The maximum absolute atomic E-state index is 12.5. The zero-order valence-corrected chi connectivity index (χ0v) is 16.4. The molecule has 0 atom stereocenters. The summed E-state index contributed by atoms with van der Waals surface area (Å²) in [6, 6.07) is 18.0. The van der Waals surface area contributed by atoms with E-state index in [0.29, 0.717) is 16.5 Å². The van der Waals surface area contributed by atoms with Crippen LogP contribution in [0.5, 0.6) is 10.9 Å². The van der Waals surface area contributed by atoms with Crippen LogP contribution in [-0.2, 0) is 6.54 Å². The summed E-state index contributed by atoms with van der Waals surface area (Å²) in [5.41, 5.74) is 1.99. The number of amides is 1. The van der Waals surface area contributed by atoms with E-state index < -0.39 is 0 Å². The van der Waals surface area contributed by atoms with Crippen LogP contribution < -0.4 is 10.1 Å². The van der Waals surface area contributed by atoms with Crippen LogP contribution in [0.3, 0.4) is 0 Å². The van der Waals surface area contributed by atoms with Crippen LogP contribution in [0.15, 0.2) is 66.2 Å².